The van der Waals surface area contributed by atoms with Gasteiger partial charge in [0.1, 0.15) is 0 Å². The van der Waals surface area contributed by atoms with Crippen molar-refractivity contribution in [3.63, 3.8) is 0 Å². The first-order chi connectivity index (χ1) is 14.7. The minimum absolute atomic E-state index is 0.0244. The number of nitrogens with zero attached hydrogens (tertiary/aromatic N) is 2. The number of benzene rings is 2. The number of para-hydroxylation sites is 2. The zero-order valence-corrected chi connectivity index (χ0v) is 17.1. The Morgan fingerprint density at radius 2 is 1.93 bits per heavy atom. The molecule has 6 heteroatoms. The first kappa shape index (κ1) is 19.9. The normalized spacial score (nSPS) is 15.3. The van der Waals surface area contributed by atoms with E-state index in [1.165, 1.54) is 5.56 Å². The summed E-state index contributed by atoms with van der Waals surface area (Å²) >= 11 is 0. The maximum Gasteiger partial charge on any atom is 0.246 e. The minimum Gasteiger partial charge on any atom is -0.374 e. The van der Waals surface area contributed by atoms with Crippen molar-refractivity contribution in [1.82, 2.24) is 10.1 Å². The Morgan fingerprint density at radius 3 is 2.67 bits per heavy atom. The molecule has 30 heavy (non-hydrogen) atoms. The van der Waals surface area contributed by atoms with Crippen LogP contribution < -0.4 is 10.6 Å². The van der Waals surface area contributed by atoms with Gasteiger partial charge in [0.15, 0.2) is 0 Å². The number of nitrogens with one attached hydrogen (secondary N) is 2. The molecule has 1 aliphatic carbocycles. The third-order valence-electron chi connectivity index (χ3n) is 5.28. The van der Waals surface area contributed by atoms with Gasteiger partial charge < -0.3 is 15.2 Å². The number of carbonyl (C=O) groups is 1. The van der Waals surface area contributed by atoms with Crippen LogP contribution in [0.1, 0.15) is 37.6 Å². The van der Waals surface area contributed by atoms with Crippen LogP contribution in [-0.2, 0) is 17.8 Å². The fraction of sp³-hybridized carbons (Fsp3) is 0.292. The SMILES string of the molecule is CCc1ccc(-c2noc(CNc3ccccc3NC(=O)CC3C=CCC3)n2)cc1. The van der Waals surface area contributed by atoms with Crippen molar-refractivity contribution >= 4 is 17.3 Å². The molecule has 4 rings (SSSR count). The number of allylic oxidation sites excluding steroid dienone is 2. The highest BCUT2D eigenvalue weighted by Crippen LogP contribution is 2.25. The molecule has 0 radical (unpaired) electrons. The van der Waals surface area contributed by atoms with Crippen LogP contribution in [0.25, 0.3) is 11.4 Å². The van der Waals surface area contributed by atoms with E-state index in [9.17, 15) is 4.79 Å². The fourth-order valence-corrected chi connectivity index (χ4v) is 3.56. The zero-order valence-electron chi connectivity index (χ0n) is 17.1. The first-order valence-electron chi connectivity index (χ1n) is 10.4. The average molecular weight is 402 g/mol. The number of aryl methyl sites for hydroxylation is 1. The molecule has 2 aromatic carbocycles. The minimum atomic E-state index is 0.0244. The van der Waals surface area contributed by atoms with Crippen molar-refractivity contribution in [2.75, 3.05) is 10.6 Å². The highest BCUT2D eigenvalue weighted by molar-refractivity contribution is 5.94. The molecule has 6 nitrogen and oxygen atoms in total. The van der Waals surface area contributed by atoms with Gasteiger partial charge in [-0.1, -0.05) is 60.6 Å². The van der Waals surface area contributed by atoms with E-state index >= 15 is 0 Å². The van der Waals surface area contributed by atoms with E-state index in [2.05, 4.69) is 52.0 Å². The smallest absolute Gasteiger partial charge is 0.246 e. The summed E-state index contributed by atoms with van der Waals surface area (Å²) in [5, 5.41) is 10.4. The summed E-state index contributed by atoms with van der Waals surface area (Å²) in [6.45, 7) is 2.50. The molecule has 154 valence electrons. The molecular weight excluding hydrogens is 376 g/mol. The molecule has 1 unspecified atom stereocenters. The van der Waals surface area contributed by atoms with Gasteiger partial charge in [0.2, 0.25) is 17.6 Å². The zero-order chi connectivity index (χ0) is 20.8. The molecule has 1 aliphatic rings. The maximum atomic E-state index is 12.4. The second kappa shape index (κ2) is 9.39. The van der Waals surface area contributed by atoms with Gasteiger partial charge in [0.25, 0.3) is 0 Å². The molecular formula is C24H26N4O2. The van der Waals surface area contributed by atoms with Crippen molar-refractivity contribution in [2.45, 2.75) is 39.2 Å². The van der Waals surface area contributed by atoms with Crippen molar-refractivity contribution in [3.05, 3.63) is 72.1 Å². The van der Waals surface area contributed by atoms with Gasteiger partial charge in [-0.2, -0.15) is 4.98 Å². The van der Waals surface area contributed by atoms with E-state index in [4.69, 9.17) is 4.52 Å². The molecule has 0 spiro atoms. The Bertz CT molecular complexity index is 1020. The van der Waals surface area contributed by atoms with Crippen molar-refractivity contribution in [1.29, 1.82) is 0 Å². The molecule has 0 saturated carbocycles. The van der Waals surface area contributed by atoms with Crippen LogP contribution in [0.2, 0.25) is 0 Å². The fourth-order valence-electron chi connectivity index (χ4n) is 3.56. The summed E-state index contributed by atoms with van der Waals surface area (Å²) in [5.41, 5.74) is 3.77. The van der Waals surface area contributed by atoms with Crippen LogP contribution in [0.5, 0.6) is 0 Å². The van der Waals surface area contributed by atoms with Crippen LogP contribution in [0.3, 0.4) is 0 Å². The lowest BCUT2D eigenvalue weighted by Crippen LogP contribution is -2.16. The topological polar surface area (TPSA) is 80.0 Å². The number of aromatic nitrogens is 2. The first-order valence-corrected chi connectivity index (χ1v) is 10.4. The van der Waals surface area contributed by atoms with E-state index in [-0.39, 0.29) is 5.91 Å². The third kappa shape index (κ3) is 4.95. The maximum absolute atomic E-state index is 12.4. The number of hydrogen-bond donors (Lipinski definition) is 2. The predicted octanol–water partition coefficient (Wildman–Crippen LogP) is 5.21. The van der Waals surface area contributed by atoms with Gasteiger partial charge in [0.05, 0.1) is 17.9 Å². The number of amides is 1. The van der Waals surface area contributed by atoms with E-state index in [1.54, 1.807) is 0 Å². The summed E-state index contributed by atoms with van der Waals surface area (Å²) in [6, 6.07) is 15.8. The van der Waals surface area contributed by atoms with E-state index < -0.39 is 0 Å². The Kier molecular flexibility index (Phi) is 6.23. The van der Waals surface area contributed by atoms with E-state index in [0.717, 1.165) is 36.2 Å². The van der Waals surface area contributed by atoms with Crippen LogP contribution in [0, 0.1) is 5.92 Å². The van der Waals surface area contributed by atoms with E-state index in [0.29, 0.717) is 30.6 Å². The Balaban J connectivity index is 1.37. The van der Waals surface area contributed by atoms with Crippen molar-refractivity contribution in [3.8, 4) is 11.4 Å². The Hall–Kier alpha value is -3.41. The summed E-state index contributed by atoms with van der Waals surface area (Å²) in [7, 11) is 0. The molecule has 3 aromatic rings. The third-order valence-corrected chi connectivity index (χ3v) is 5.28. The molecule has 1 aromatic heterocycles. The Labute approximate surface area is 176 Å². The molecule has 1 atom stereocenters. The van der Waals surface area contributed by atoms with Crippen LogP contribution in [0.15, 0.2) is 65.2 Å². The molecule has 2 N–H and O–H groups in total. The molecule has 1 amide bonds. The van der Waals surface area contributed by atoms with Gasteiger partial charge in [-0.25, -0.2) is 0 Å². The average Bonchev–Trinajstić information content (AvgIpc) is 3.45. The van der Waals surface area contributed by atoms with Gasteiger partial charge in [-0.15, -0.1) is 0 Å². The molecule has 0 saturated heterocycles. The summed E-state index contributed by atoms with van der Waals surface area (Å²) in [5.74, 6) is 1.42. The number of rotatable bonds is 8. The summed E-state index contributed by atoms with van der Waals surface area (Å²) < 4.78 is 5.39. The van der Waals surface area contributed by atoms with Gasteiger partial charge in [-0.05, 0) is 42.9 Å². The quantitative estimate of drug-likeness (QED) is 0.506. The van der Waals surface area contributed by atoms with Crippen molar-refractivity contribution < 1.29 is 9.32 Å². The lowest BCUT2D eigenvalue weighted by atomic mass is 10.0. The highest BCUT2D eigenvalue weighted by atomic mass is 16.5. The standard InChI is InChI=1S/C24H26N4O2/c1-2-17-11-13-19(14-12-17)24-27-23(30-28-24)16-25-20-9-5-6-10-21(20)26-22(29)15-18-7-3-4-8-18/h3,5-7,9-14,18,25H,2,4,8,15-16H2,1H3,(H,26,29). The Morgan fingerprint density at radius 1 is 1.13 bits per heavy atom. The molecule has 1 heterocycles. The van der Waals surface area contributed by atoms with Crippen molar-refractivity contribution in [2.24, 2.45) is 5.92 Å². The summed E-state index contributed by atoms with van der Waals surface area (Å²) in [6.07, 6.45) is 7.89. The predicted molar refractivity (Wildman–Crippen MR) is 118 cm³/mol. The second-order valence-corrected chi connectivity index (χ2v) is 7.48. The van der Waals surface area contributed by atoms with Crippen LogP contribution >= 0.6 is 0 Å². The molecule has 0 bridgehead atoms. The lowest BCUT2D eigenvalue weighted by molar-refractivity contribution is -0.116. The summed E-state index contributed by atoms with van der Waals surface area (Å²) in [4.78, 5) is 16.9. The number of carbonyl (C=O) groups excluding carboxylic acids is 1. The molecule has 0 aliphatic heterocycles. The van der Waals surface area contributed by atoms with Gasteiger partial charge in [-0.3, -0.25) is 4.79 Å². The number of anilines is 2. The van der Waals surface area contributed by atoms with Crippen LogP contribution in [0.4, 0.5) is 11.4 Å². The van der Waals surface area contributed by atoms with Crippen LogP contribution in [-0.4, -0.2) is 16.0 Å². The monoisotopic (exact) mass is 402 g/mol. The van der Waals surface area contributed by atoms with Gasteiger partial charge in [0, 0.05) is 12.0 Å². The largest absolute Gasteiger partial charge is 0.374 e. The highest BCUT2D eigenvalue weighted by Gasteiger charge is 2.15. The van der Waals surface area contributed by atoms with Gasteiger partial charge >= 0.3 is 0 Å². The second-order valence-electron chi connectivity index (χ2n) is 7.48. The number of hydrogen-bond acceptors (Lipinski definition) is 5. The lowest BCUT2D eigenvalue weighted by Gasteiger charge is -2.13. The van der Waals surface area contributed by atoms with E-state index in [1.807, 2.05) is 36.4 Å². The molecule has 0 fully saturated rings.